The van der Waals surface area contributed by atoms with Crippen molar-refractivity contribution in [1.82, 2.24) is 14.8 Å². The van der Waals surface area contributed by atoms with E-state index in [0.29, 0.717) is 11.7 Å². The normalized spacial score (nSPS) is 10.8. The predicted octanol–water partition coefficient (Wildman–Crippen LogP) is 2.09. The van der Waals surface area contributed by atoms with Crippen LogP contribution in [0.2, 0.25) is 0 Å². The molecule has 0 amide bonds. The molecular weight excluding hydrogens is 218 g/mol. The number of hydrogen-bond donors (Lipinski definition) is 1. The van der Waals surface area contributed by atoms with E-state index in [1.54, 1.807) is 10.9 Å². The van der Waals surface area contributed by atoms with Gasteiger partial charge in [0.05, 0.1) is 5.56 Å². The van der Waals surface area contributed by atoms with Crippen molar-refractivity contribution in [1.29, 1.82) is 0 Å². The fraction of sp³-hybridized carbons (Fsp3) is 0.250. The number of hydrogen-bond acceptors (Lipinski definition) is 3. The van der Waals surface area contributed by atoms with Gasteiger partial charge in [-0.15, -0.1) is 0 Å². The lowest BCUT2D eigenvalue weighted by Crippen LogP contribution is -2.07. The van der Waals surface area contributed by atoms with E-state index in [1.807, 2.05) is 6.07 Å². The monoisotopic (exact) mass is 231 g/mol. The first kappa shape index (κ1) is 11.3. The average molecular weight is 231 g/mol. The maximum absolute atomic E-state index is 10.9. The van der Waals surface area contributed by atoms with E-state index < -0.39 is 5.97 Å². The fourth-order valence-electron chi connectivity index (χ4n) is 1.61. The number of carboxylic acid groups (broad SMARTS) is 1. The van der Waals surface area contributed by atoms with E-state index in [0.717, 1.165) is 5.69 Å². The van der Waals surface area contributed by atoms with E-state index in [-0.39, 0.29) is 5.56 Å². The van der Waals surface area contributed by atoms with E-state index in [2.05, 4.69) is 23.9 Å². The van der Waals surface area contributed by atoms with Crippen LogP contribution in [0.1, 0.15) is 35.8 Å². The molecular formula is C12H13N3O2. The molecule has 0 aliphatic rings. The molecule has 1 N–H and O–H groups in total. The Morgan fingerprint density at radius 2 is 2.12 bits per heavy atom. The summed E-state index contributed by atoms with van der Waals surface area (Å²) in [7, 11) is 0. The van der Waals surface area contributed by atoms with Gasteiger partial charge in [-0.3, -0.25) is 0 Å². The molecule has 2 aromatic heterocycles. The van der Waals surface area contributed by atoms with Crippen LogP contribution in [0.5, 0.6) is 0 Å². The van der Waals surface area contributed by atoms with Crippen molar-refractivity contribution in [2.75, 3.05) is 0 Å². The molecule has 0 aliphatic carbocycles. The second-order valence-electron chi connectivity index (χ2n) is 4.03. The lowest BCUT2D eigenvalue weighted by molar-refractivity contribution is 0.0696. The minimum Gasteiger partial charge on any atom is -0.478 e. The predicted molar refractivity (Wildman–Crippen MR) is 62.4 cm³/mol. The van der Waals surface area contributed by atoms with Gasteiger partial charge in [-0.25, -0.2) is 14.5 Å². The summed E-state index contributed by atoms with van der Waals surface area (Å²) in [4.78, 5) is 15.0. The summed E-state index contributed by atoms with van der Waals surface area (Å²) >= 11 is 0. The zero-order valence-corrected chi connectivity index (χ0v) is 9.66. The Bertz CT molecular complexity index is 546. The number of aromatic nitrogens is 3. The summed E-state index contributed by atoms with van der Waals surface area (Å²) in [5.41, 5.74) is 1.21. The highest BCUT2D eigenvalue weighted by atomic mass is 16.4. The van der Waals surface area contributed by atoms with Crippen LogP contribution in [-0.2, 0) is 0 Å². The molecule has 0 aromatic carbocycles. The molecule has 0 fully saturated rings. The van der Waals surface area contributed by atoms with Crippen molar-refractivity contribution in [2.45, 2.75) is 19.8 Å². The molecule has 0 aliphatic heterocycles. The van der Waals surface area contributed by atoms with Gasteiger partial charge in [0.2, 0.25) is 0 Å². The number of carbonyl (C=O) groups is 1. The van der Waals surface area contributed by atoms with Crippen LogP contribution in [0.3, 0.4) is 0 Å². The molecule has 2 heterocycles. The van der Waals surface area contributed by atoms with E-state index in [1.165, 1.54) is 18.3 Å². The first-order valence-electron chi connectivity index (χ1n) is 5.33. The van der Waals surface area contributed by atoms with Gasteiger partial charge in [-0.05, 0) is 24.1 Å². The lowest BCUT2D eigenvalue weighted by Gasteiger charge is -2.09. The Kier molecular flexibility index (Phi) is 2.91. The van der Waals surface area contributed by atoms with Gasteiger partial charge in [-0.2, -0.15) is 5.10 Å². The summed E-state index contributed by atoms with van der Waals surface area (Å²) in [5, 5.41) is 13.1. The molecule has 5 nitrogen and oxygen atoms in total. The summed E-state index contributed by atoms with van der Waals surface area (Å²) in [6, 6.07) is 4.88. The number of aromatic carboxylic acids is 1. The highest BCUT2D eigenvalue weighted by Gasteiger charge is 2.11. The molecule has 17 heavy (non-hydrogen) atoms. The van der Waals surface area contributed by atoms with Crippen LogP contribution in [0, 0.1) is 0 Å². The Labute approximate surface area is 98.7 Å². The average Bonchev–Trinajstić information content (AvgIpc) is 2.78. The minimum absolute atomic E-state index is 0.209. The molecule has 2 rings (SSSR count). The molecule has 0 bridgehead atoms. The zero-order chi connectivity index (χ0) is 12.4. The van der Waals surface area contributed by atoms with Gasteiger partial charge >= 0.3 is 5.97 Å². The molecule has 0 unspecified atom stereocenters. The first-order chi connectivity index (χ1) is 8.09. The van der Waals surface area contributed by atoms with Gasteiger partial charge in [-0.1, -0.05) is 13.8 Å². The van der Waals surface area contributed by atoms with Crippen molar-refractivity contribution in [3.05, 3.63) is 41.9 Å². The van der Waals surface area contributed by atoms with Gasteiger partial charge in [0.1, 0.15) is 0 Å². The molecule has 2 aromatic rings. The second-order valence-corrected chi connectivity index (χ2v) is 4.03. The van der Waals surface area contributed by atoms with Crippen LogP contribution in [-0.4, -0.2) is 25.8 Å². The van der Waals surface area contributed by atoms with Crippen molar-refractivity contribution in [3.8, 4) is 5.82 Å². The van der Waals surface area contributed by atoms with Gasteiger partial charge in [0.15, 0.2) is 5.82 Å². The quantitative estimate of drug-likeness (QED) is 0.878. The van der Waals surface area contributed by atoms with E-state index in [4.69, 9.17) is 5.11 Å². The van der Waals surface area contributed by atoms with E-state index in [9.17, 15) is 4.79 Å². The molecule has 0 atom stereocenters. The number of rotatable bonds is 3. The largest absolute Gasteiger partial charge is 0.478 e. The summed E-state index contributed by atoms with van der Waals surface area (Å²) in [5.74, 6) is -0.140. The summed E-state index contributed by atoms with van der Waals surface area (Å²) < 4.78 is 1.66. The highest BCUT2D eigenvalue weighted by Crippen LogP contribution is 2.17. The third kappa shape index (κ3) is 2.18. The molecule has 0 saturated heterocycles. The number of nitrogens with zero attached hydrogens (tertiary/aromatic N) is 3. The Hall–Kier alpha value is -2.17. The van der Waals surface area contributed by atoms with Crippen molar-refractivity contribution >= 4 is 5.97 Å². The minimum atomic E-state index is -0.966. The van der Waals surface area contributed by atoms with Crippen molar-refractivity contribution in [3.63, 3.8) is 0 Å². The second kappa shape index (κ2) is 4.37. The standard InChI is InChI=1S/C12H13N3O2/c1-8(2)10-4-6-14-15(10)11-7-9(12(16)17)3-5-13-11/h3-8H,1-2H3,(H,16,17). The van der Waals surface area contributed by atoms with Gasteiger partial charge in [0, 0.05) is 18.1 Å². The van der Waals surface area contributed by atoms with Crippen LogP contribution in [0.4, 0.5) is 0 Å². The Morgan fingerprint density at radius 3 is 2.76 bits per heavy atom. The maximum atomic E-state index is 10.9. The van der Waals surface area contributed by atoms with Crippen molar-refractivity contribution in [2.24, 2.45) is 0 Å². The van der Waals surface area contributed by atoms with Crippen molar-refractivity contribution < 1.29 is 9.90 Å². The third-order valence-electron chi connectivity index (χ3n) is 2.47. The maximum Gasteiger partial charge on any atom is 0.335 e. The van der Waals surface area contributed by atoms with Gasteiger partial charge in [0.25, 0.3) is 0 Å². The first-order valence-corrected chi connectivity index (χ1v) is 5.33. The Balaban J connectivity index is 2.49. The topological polar surface area (TPSA) is 68.0 Å². The molecule has 0 saturated carbocycles. The van der Waals surface area contributed by atoms with Crippen LogP contribution in [0.15, 0.2) is 30.6 Å². The van der Waals surface area contributed by atoms with Crippen LogP contribution >= 0.6 is 0 Å². The third-order valence-corrected chi connectivity index (χ3v) is 2.47. The summed E-state index contributed by atoms with van der Waals surface area (Å²) in [6.07, 6.45) is 3.16. The molecule has 0 radical (unpaired) electrons. The molecule has 5 heteroatoms. The van der Waals surface area contributed by atoms with Gasteiger partial charge < -0.3 is 5.11 Å². The fourth-order valence-corrected chi connectivity index (χ4v) is 1.61. The zero-order valence-electron chi connectivity index (χ0n) is 9.66. The SMILES string of the molecule is CC(C)c1ccnn1-c1cc(C(=O)O)ccn1. The van der Waals surface area contributed by atoms with E-state index >= 15 is 0 Å². The lowest BCUT2D eigenvalue weighted by atomic mass is 10.1. The van der Waals surface area contributed by atoms with Crippen LogP contribution < -0.4 is 0 Å². The number of pyridine rings is 1. The summed E-state index contributed by atoms with van der Waals surface area (Å²) in [6.45, 7) is 4.10. The highest BCUT2D eigenvalue weighted by molar-refractivity contribution is 5.87. The molecule has 0 spiro atoms. The van der Waals surface area contributed by atoms with Crippen LogP contribution in [0.25, 0.3) is 5.82 Å². The Morgan fingerprint density at radius 1 is 1.35 bits per heavy atom. The molecule has 88 valence electrons. The smallest absolute Gasteiger partial charge is 0.335 e. The number of carboxylic acids is 1.